The Morgan fingerprint density at radius 1 is 1.40 bits per heavy atom. The zero-order valence-electron chi connectivity index (χ0n) is 5.99. The van der Waals surface area contributed by atoms with Crippen LogP contribution in [0.2, 0.25) is 0 Å². The van der Waals surface area contributed by atoms with Gasteiger partial charge in [-0.3, -0.25) is 0 Å². The fraction of sp³-hybridized carbons (Fsp3) is 1.00. The van der Waals surface area contributed by atoms with Crippen molar-refractivity contribution in [2.45, 2.75) is 31.5 Å². The van der Waals surface area contributed by atoms with Crippen LogP contribution in [0.15, 0.2) is 0 Å². The molecule has 0 saturated carbocycles. The summed E-state index contributed by atoms with van der Waals surface area (Å²) in [6.07, 6.45) is 1.94. The Hall–Kier alpha value is -0.120. The van der Waals surface area contributed by atoms with Crippen LogP contribution in [-0.2, 0) is 4.74 Å². The molecule has 0 radical (unpaired) electrons. The Morgan fingerprint density at radius 2 is 2.20 bits per heavy atom. The van der Waals surface area contributed by atoms with E-state index in [4.69, 9.17) is 9.84 Å². The van der Waals surface area contributed by atoms with Crippen LogP contribution < -0.4 is 0 Å². The first-order valence-corrected chi connectivity index (χ1v) is 3.75. The molecule has 1 fully saturated rings. The van der Waals surface area contributed by atoms with Gasteiger partial charge < -0.3 is 14.9 Å². The molecule has 1 heterocycles. The lowest BCUT2D eigenvalue weighted by molar-refractivity contribution is -0.0524. The van der Waals surface area contributed by atoms with Gasteiger partial charge in [-0.1, -0.05) is 0 Å². The lowest BCUT2D eigenvalue weighted by Crippen LogP contribution is -2.30. The molecule has 1 rings (SSSR count). The molecule has 1 aliphatic rings. The van der Waals surface area contributed by atoms with Crippen LogP contribution in [0, 0.1) is 0 Å². The average Bonchev–Trinajstić information content (AvgIpc) is 2.13. The molecule has 1 saturated heterocycles. The van der Waals surface area contributed by atoms with Gasteiger partial charge in [-0.25, -0.2) is 0 Å². The van der Waals surface area contributed by atoms with Gasteiger partial charge in [0, 0.05) is 6.61 Å². The summed E-state index contributed by atoms with van der Waals surface area (Å²) in [5, 5.41) is 18.0. The highest BCUT2D eigenvalue weighted by atomic mass is 16.5. The van der Waals surface area contributed by atoms with Gasteiger partial charge in [0.05, 0.1) is 12.7 Å². The second kappa shape index (κ2) is 3.91. The predicted molar refractivity (Wildman–Crippen MR) is 36.7 cm³/mol. The smallest absolute Gasteiger partial charge is 0.106 e. The van der Waals surface area contributed by atoms with Crippen molar-refractivity contribution in [3.8, 4) is 0 Å². The molecule has 2 atom stereocenters. The number of aliphatic hydroxyl groups is 2. The maximum Gasteiger partial charge on any atom is 0.106 e. The van der Waals surface area contributed by atoms with Crippen molar-refractivity contribution in [3.05, 3.63) is 0 Å². The van der Waals surface area contributed by atoms with E-state index in [1.165, 1.54) is 0 Å². The lowest BCUT2D eigenvalue weighted by atomic mass is 10.1. The lowest BCUT2D eigenvalue weighted by Gasteiger charge is -2.16. The minimum Gasteiger partial charge on any atom is -0.394 e. The van der Waals surface area contributed by atoms with E-state index in [0.717, 1.165) is 19.3 Å². The van der Waals surface area contributed by atoms with E-state index in [9.17, 15) is 5.11 Å². The highest BCUT2D eigenvalue weighted by Gasteiger charge is 2.20. The predicted octanol–water partition coefficient (Wildman–Crippen LogP) is -0.0913. The molecule has 0 aromatic carbocycles. The Labute approximate surface area is 60.6 Å². The van der Waals surface area contributed by atoms with E-state index < -0.39 is 6.10 Å². The SMILES string of the molecule is OC[C@H]1OCCCC[C@@H]1O. The minimum absolute atomic E-state index is 0.0683. The van der Waals surface area contributed by atoms with Crippen LogP contribution in [0.5, 0.6) is 0 Å². The minimum atomic E-state index is -0.465. The summed E-state index contributed by atoms with van der Waals surface area (Å²) >= 11 is 0. The fourth-order valence-corrected chi connectivity index (χ4v) is 1.16. The van der Waals surface area contributed by atoms with E-state index in [1.807, 2.05) is 0 Å². The van der Waals surface area contributed by atoms with Gasteiger partial charge in [-0.05, 0) is 19.3 Å². The standard InChI is InChI=1S/C7H14O3/c8-5-7-6(9)3-1-2-4-10-7/h6-9H,1-5H2/t6-,7+/m0/s1. The molecule has 3 nitrogen and oxygen atoms in total. The van der Waals surface area contributed by atoms with E-state index in [0.29, 0.717) is 6.61 Å². The summed E-state index contributed by atoms with van der Waals surface area (Å²) < 4.78 is 5.16. The number of hydrogen-bond donors (Lipinski definition) is 2. The quantitative estimate of drug-likeness (QED) is 0.543. The van der Waals surface area contributed by atoms with Crippen LogP contribution in [0.25, 0.3) is 0 Å². The van der Waals surface area contributed by atoms with Crippen molar-refractivity contribution in [1.29, 1.82) is 0 Å². The molecule has 0 unspecified atom stereocenters. The first kappa shape index (κ1) is 7.98. The third kappa shape index (κ3) is 1.94. The maximum atomic E-state index is 9.26. The summed E-state index contributed by atoms with van der Waals surface area (Å²) in [5.41, 5.74) is 0. The van der Waals surface area contributed by atoms with E-state index in [2.05, 4.69) is 0 Å². The summed E-state index contributed by atoms with van der Waals surface area (Å²) in [6.45, 7) is 0.601. The zero-order chi connectivity index (χ0) is 7.40. The number of hydrogen-bond acceptors (Lipinski definition) is 3. The van der Waals surface area contributed by atoms with Crippen LogP contribution in [0.1, 0.15) is 19.3 Å². The second-order valence-electron chi connectivity index (χ2n) is 2.65. The highest BCUT2D eigenvalue weighted by molar-refractivity contribution is 4.70. The van der Waals surface area contributed by atoms with Crippen molar-refractivity contribution in [2.24, 2.45) is 0 Å². The molecule has 0 aliphatic carbocycles. The van der Waals surface area contributed by atoms with E-state index >= 15 is 0 Å². The molecule has 0 bridgehead atoms. The number of rotatable bonds is 1. The van der Waals surface area contributed by atoms with Crippen molar-refractivity contribution in [2.75, 3.05) is 13.2 Å². The maximum absolute atomic E-state index is 9.26. The van der Waals surface area contributed by atoms with Crippen molar-refractivity contribution >= 4 is 0 Å². The van der Waals surface area contributed by atoms with Gasteiger partial charge in [0.1, 0.15) is 6.10 Å². The third-order valence-electron chi connectivity index (χ3n) is 1.84. The average molecular weight is 146 g/mol. The summed E-state index contributed by atoms with van der Waals surface area (Å²) in [4.78, 5) is 0. The van der Waals surface area contributed by atoms with Gasteiger partial charge in [0.25, 0.3) is 0 Å². The molecule has 3 heteroatoms. The van der Waals surface area contributed by atoms with Gasteiger partial charge in [-0.2, -0.15) is 0 Å². The Balaban J connectivity index is 2.35. The Kier molecular flexibility index (Phi) is 3.12. The van der Waals surface area contributed by atoms with Crippen molar-refractivity contribution in [1.82, 2.24) is 0 Å². The summed E-state index contributed by atoms with van der Waals surface area (Å²) in [6, 6.07) is 0. The molecule has 2 N–H and O–H groups in total. The van der Waals surface area contributed by atoms with E-state index in [-0.39, 0.29) is 12.7 Å². The van der Waals surface area contributed by atoms with Crippen molar-refractivity contribution < 1.29 is 14.9 Å². The van der Waals surface area contributed by atoms with Gasteiger partial charge >= 0.3 is 0 Å². The molecule has 0 amide bonds. The molecular weight excluding hydrogens is 132 g/mol. The van der Waals surface area contributed by atoms with Crippen LogP contribution >= 0.6 is 0 Å². The normalized spacial score (nSPS) is 35.4. The van der Waals surface area contributed by atoms with Crippen LogP contribution in [0.4, 0.5) is 0 Å². The van der Waals surface area contributed by atoms with E-state index in [1.54, 1.807) is 0 Å². The fourth-order valence-electron chi connectivity index (χ4n) is 1.16. The molecule has 0 aromatic heterocycles. The molecule has 1 aliphatic heterocycles. The monoisotopic (exact) mass is 146 g/mol. The van der Waals surface area contributed by atoms with Gasteiger partial charge in [0.2, 0.25) is 0 Å². The third-order valence-corrected chi connectivity index (χ3v) is 1.84. The number of aliphatic hydroxyl groups excluding tert-OH is 2. The van der Waals surface area contributed by atoms with Gasteiger partial charge in [0.15, 0.2) is 0 Å². The van der Waals surface area contributed by atoms with Crippen LogP contribution in [-0.4, -0.2) is 35.6 Å². The molecule has 0 aromatic rings. The van der Waals surface area contributed by atoms with Crippen LogP contribution in [0.3, 0.4) is 0 Å². The molecule has 10 heavy (non-hydrogen) atoms. The molecule has 0 spiro atoms. The first-order chi connectivity index (χ1) is 4.84. The van der Waals surface area contributed by atoms with Crippen molar-refractivity contribution in [3.63, 3.8) is 0 Å². The largest absolute Gasteiger partial charge is 0.394 e. The Morgan fingerprint density at radius 3 is 2.90 bits per heavy atom. The second-order valence-corrected chi connectivity index (χ2v) is 2.65. The highest BCUT2D eigenvalue weighted by Crippen LogP contribution is 2.13. The number of ether oxygens (including phenoxy) is 1. The molecular formula is C7H14O3. The first-order valence-electron chi connectivity index (χ1n) is 3.75. The topological polar surface area (TPSA) is 49.7 Å². The summed E-state index contributed by atoms with van der Waals surface area (Å²) in [7, 11) is 0. The molecule has 60 valence electrons. The Bertz CT molecular complexity index is 94.9. The summed E-state index contributed by atoms with van der Waals surface area (Å²) in [5.74, 6) is 0. The van der Waals surface area contributed by atoms with Gasteiger partial charge in [-0.15, -0.1) is 0 Å². The zero-order valence-corrected chi connectivity index (χ0v) is 5.99.